The molecular formula is C3H8OS2. The first-order valence-corrected chi connectivity index (χ1v) is 3.85. The summed E-state index contributed by atoms with van der Waals surface area (Å²) in [7, 11) is 0. The van der Waals surface area contributed by atoms with Crippen LogP contribution in [-0.2, 0) is 0 Å². The second-order valence-electron chi connectivity index (χ2n) is 0.740. The van der Waals surface area contributed by atoms with Crippen molar-refractivity contribution in [1.82, 2.24) is 0 Å². The van der Waals surface area contributed by atoms with Crippen molar-refractivity contribution in [2.24, 2.45) is 0 Å². The maximum Gasteiger partial charge on any atom is 0.0653 e. The molecule has 3 heteroatoms. The summed E-state index contributed by atoms with van der Waals surface area (Å²) >= 11 is 2.61. The molecule has 6 heavy (non-hydrogen) atoms. The number of hydrogen-bond donors (Lipinski definition) is 1. The SMILES string of the molecule is CCSCSO. The molecule has 1 N–H and O–H groups in total. The van der Waals surface area contributed by atoms with Gasteiger partial charge in [-0.05, 0) is 17.8 Å². The van der Waals surface area contributed by atoms with Crippen LogP contribution in [0.4, 0.5) is 0 Å². The largest absolute Gasteiger partial charge is 0.329 e. The molecule has 1 nitrogen and oxygen atoms in total. The Balaban J connectivity index is 2.34. The first-order chi connectivity index (χ1) is 2.91. The molecule has 0 rings (SSSR count). The standard InChI is InChI=1S/C3H8OS2/c1-2-5-3-6-4/h4H,2-3H2,1H3. The fourth-order valence-corrected chi connectivity index (χ4v) is 1.09. The fraction of sp³-hybridized carbons (Fsp3) is 1.00. The molecule has 0 bridgehead atoms. The van der Waals surface area contributed by atoms with E-state index in [0.717, 1.165) is 22.9 Å². The Labute approximate surface area is 46.7 Å². The van der Waals surface area contributed by atoms with E-state index in [-0.39, 0.29) is 0 Å². The third kappa shape index (κ3) is 4.66. The van der Waals surface area contributed by atoms with Gasteiger partial charge < -0.3 is 4.55 Å². The van der Waals surface area contributed by atoms with Crippen LogP contribution < -0.4 is 0 Å². The lowest BCUT2D eigenvalue weighted by Crippen LogP contribution is -1.66. The Kier molecular flexibility index (Phi) is 6.28. The molecule has 0 unspecified atom stereocenters. The second-order valence-corrected chi connectivity index (χ2v) is 2.93. The Hall–Kier alpha value is 0.660. The topological polar surface area (TPSA) is 20.2 Å². The molecule has 0 aromatic heterocycles. The first-order valence-electron chi connectivity index (χ1n) is 1.76. The summed E-state index contributed by atoms with van der Waals surface area (Å²) in [5, 5.41) is 0.802. The van der Waals surface area contributed by atoms with Gasteiger partial charge in [0.25, 0.3) is 0 Å². The van der Waals surface area contributed by atoms with Gasteiger partial charge in [-0.25, -0.2) is 0 Å². The van der Waals surface area contributed by atoms with Crippen molar-refractivity contribution in [3.05, 3.63) is 0 Å². The molecule has 0 saturated heterocycles. The average molecular weight is 124 g/mol. The highest BCUT2D eigenvalue weighted by Gasteiger charge is 1.76. The maximum atomic E-state index is 8.09. The molecule has 0 heterocycles. The van der Waals surface area contributed by atoms with Gasteiger partial charge in [-0.1, -0.05) is 6.92 Å². The highest BCUT2D eigenvalue weighted by molar-refractivity contribution is 8.13. The van der Waals surface area contributed by atoms with Gasteiger partial charge in [0.2, 0.25) is 0 Å². The van der Waals surface area contributed by atoms with Gasteiger partial charge in [-0.2, -0.15) is 0 Å². The van der Waals surface area contributed by atoms with E-state index in [9.17, 15) is 0 Å². The van der Waals surface area contributed by atoms with Crippen LogP contribution in [0.3, 0.4) is 0 Å². The van der Waals surface area contributed by atoms with Gasteiger partial charge in [0.15, 0.2) is 0 Å². The molecule has 0 atom stereocenters. The average Bonchev–Trinajstić information content (AvgIpc) is 1.61. The van der Waals surface area contributed by atoms with E-state index in [1.807, 2.05) is 0 Å². The second kappa shape index (κ2) is 5.66. The number of thioether (sulfide) groups is 1. The molecule has 0 saturated carbocycles. The molecule has 0 amide bonds. The van der Waals surface area contributed by atoms with Crippen LogP contribution in [0.1, 0.15) is 6.92 Å². The van der Waals surface area contributed by atoms with E-state index >= 15 is 0 Å². The fourth-order valence-electron chi connectivity index (χ4n) is 0.121. The van der Waals surface area contributed by atoms with Crippen molar-refractivity contribution in [3.8, 4) is 0 Å². The molecular weight excluding hydrogens is 116 g/mol. The first kappa shape index (κ1) is 6.66. The smallest absolute Gasteiger partial charge is 0.0653 e. The summed E-state index contributed by atoms with van der Waals surface area (Å²) in [6.45, 7) is 2.07. The van der Waals surface area contributed by atoms with Gasteiger partial charge >= 0.3 is 0 Å². The zero-order valence-corrected chi connectivity index (χ0v) is 5.31. The summed E-state index contributed by atoms with van der Waals surface area (Å²) in [6.07, 6.45) is 0. The van der Waals surface area contributed by atoms with Crippen molar-refractivity contribution in [1.29, 1.82) is 0 Å². The van der Waals surface area contributed by atoms with Crippen molar-refractivity contribution in [2.45, 2.75) is 6.92 Å². The van der Waals surface area contributed by atoms with Gasteiger partial charge in [0, 0.05) is 0 Å². The summed E-state index contributed by atoms with van der Waals surface area (Å²) < 4.78 is 8.09. The minimum atomic E-state index is 0.802. The van der Waals surface area contributed by atoms with Crippen LogP contribution in [0.5, 0.6) is 0 Å². The van der Waals surface area contributed by atoms with Gasteiger partial charge in [0.05, 0.1) is 5.08 Å². The Bertz CT molecular complexity index is 20.8. The van der Waals surface area contributed by atoms with E-state index in [2.05, 4.69) is 6.92 Å². The summed E-state index contributed by atoms with van der Waals surface area (Å²) in [5.41, 5.74) is 0. The van der Waals surface area contributed by atoms with Crippen LogP contribution in [0, 0.1) is 0 Å². The molecule has 0 radical (unpaired) electrons. The molecule has 38 valence electrons. The Morgan fingerprint density at radius 2 is 2.33 bits per heavy atom. The lowest BCUT2D eigenvalue weighted by atomic mass is 11.0. The molecule has 0 aliphatic rings. The van der Waals surface area contributed by atoms with E-state index in [0.29, 0.717) is 0 Å². The van der Waals surface area contributed by atoms with Gasteiger partial charge in [0.1, 0.15) is 0 Å². The maximum absolute atomic E-state index is 8.09. The third-order valence-electron chi connectivity index (χ3n) is 0.340. The van der Waals surface area contributed by atoms with Gasteiger partial charge in [-0.3, -0.25) is 0 Å². The zero-order chi connectivity index (χ0) is 4.83. The van der Waals surface area contributed by atoms with E-state index in [1.54, 1.807) is 11.8 Å². The highest BCUT2D eigenvalue weighted by atomic mass is 32.2. The monoisotopic (exact) mass is 124 g/mol. The van der Waals surface area contributed by atoms with E-state index < -0.39 is 0 Å². The van der Waals surface area contributed by atoms with Crippen LogP contribution in [0.2, 0.25) is 0 Å². The van der Waals surface area contributed by atoms with E-state index in [1.165, 1.54) is 0 Å². The lowest BCUT2D eigenvalue weighted by Gasteiger charge is -1.85. The van der Waals surface area contributed by atoms with Crippen molar-refractivity contribution in [2.75, 3.05) is 10.8 Å². The van der Waals surface area contributed by atoms with Crippen molar-refractivity contribution >= 4 is 23.8 Å². The zero-order valence-electron chi connectivity index (χ0n) is 3.68. The lowest BCUT2D eigenvalue weighted by molar-refractivity contribution is 0.668. The number of hydrogen-bond acceptors (Lipinski definition) is 3. The van der Waals surface area contributed by atoms with E-state index in [4.69, 9.17) is 4.55 Å². The van der Waals surface area contributed by atoms with Crippen LogP contribution in [0.15, 0.2) is 0 Å². The normalized spacial score (nSPS) is 9.00. The van der Waals surface area contributed by atoms with Crippen LogP contribution in [-0.4, -0.2) is 15.4 Å². The molecule has 0 aromatic carbocycles. The third-order valence-corrected chi connectivity index (χ3v) is 1.84. The van der Waals surface area contributed by atoms with Gasteiger partial charge in [-0.15, -0.1) is 11.8 Å². The minimum absolute atomic E-state index is 0.802. The molecule has 0 aliphatic carbocycles. The summed E-state index contributed by atoms with van der Waals surface area (Å²) in [6, 6.07) is 0. The Morgan fingerprint density at radius 1 is 1.67 bits per heavy atom. The summed E-state index contributed by atoms with van der Waals surface area (Å²) in [5.74, 6) is 1.09. The molecule has 0 aromatic rings. The highest BCUT2D eigenvalue weighted by Crippen LogP contribution is 2.05. The quantitative estimate of drug-likeness (QED) is 0.352. The summed E-state index contributed by atoms with van der Waals surface area (Å²) in [4.78, 5) is 0. The molecule has 0 spiro atoms. The number of rotatable bonds is 3. The predicted octanol–water partition coefficient (Wildman–Crippen LogP) is 1.90. The van der Waals surface area contributed by atoms with Crippen LogP contribution >= 0.6 is 23.8 Å². The van der Waals surface area contributed by atoms with Crippen LogP contribution in [0.25, 0.3) is 0 Å². The van der Waals surface area contributed by atoms with Crippen molar-refractivity contribution in [3.63, 3.8) is 0 Å². The Morgan fingerprint density at radius 3 is 2.50 bits per heavy atom. The molecule has 0 aliphatic heterocycles. The van der Waals surface area contributed by atoms with Crippen molar-refractivity contribution < 1.29 is 4.55 Å². The molecule has 0 fully saturated rings. The predicted molar refractivity (Wildman–Crippen MR) is 33.2 cm³/mol. The minimum Gasteiger partial charge on any atom is -0.329 e.